The van der Waals surface area contributed by atoms with Gasteiger partial charge in [0.05, 0.1) is 5.69 Å². The first-order chi connectivity index (χ1) is 13.5. The number of hydrogen-bond donors (Lipinski definition) is 0. The van der Waals surface area contributed by atoms with Crippen LogP contribution in [0.3, 0.4) is 0 Å². The van der Waals surface area contributed by atoms with E-state index in [2.05, 4.69) is 82.3 Å². The van der Waals surface area contributed by atoms with Crippen molar-refractivity contribution in [3.63, 3.8) is 0 Å². The van der Waals surface area contributed by atoms with Gasteiger partial charge in [0.2, 0.25) is 0 Å². The van der Waals surface area contributed by atoms with Crippen LogP contribution in [0, 0.1) is 13.8 Å². The summed E-state index contributed by atoms with van der Waals surface area (Å²) in [6, 6.07) is 19.6. The third kappa shape index (κ3) is 2.60. The van der Waals surface area contributed by atoms with E-state index in [9.17, 15) is 0 Å². The standard InChI is InChI=1S/C26H23NO/c1-15(2)18-6-8-20-19(14-18)9-10-27-25(20)23-12-17(4)11-22-21-7-5-16(3)13-24(21)28-26(22)23/h5-15H,1-4H3. The molecule has 2 nitrogen and oxygen atoms in total. The Labute approximate surface area is 164 Å². The van der Waals surface area contributed by atoms with E-state index >= 15 is 0 Å². The van der Waals surface area contributed by atoms with Crippen LogP contribution in [0.1, 0.15) is 36.5 Å². The van der Waals surface area contributed by atoms with E-state index < -0.39 is 0 Å². The molecular formula is C26H23NO. The van der Waals surface area contributed by atoms with E-state index in [1.807, 2.05) is 6.20 Å². The van der Waals surface area contributed by atoms with Crippen LogP contribution in [0.4, 0.5) is 0 Å². The second-order valence-electron chi connectivity index (χ2n) is 8.09. The molecule has 3 aromatic carbocycles. The molecule has 0 aliphatic carbocycles. The van der Waals surface area contributed by atoms with E-state index in [0.29, 0.717) is 5.92 Å². The van der Waals surface area contributed by atoms with Gasteiger partial charge < -0.3 is 4.42 Å². The summed E-state index contributed by atoms with van der Waals surface area (Å²) in [6.45, 7) is 8.68. The first-order valence-electron chi connectivity index (χ1n) is 9.84. The van der Waals surface area contributed by atoms with Crippen molar-refractivity contribution < 1.29 is 4.42 Å². The molecule has 0 unspecified atom stereocenters. The second-order valence-corrected chi connectivity index (χ2v) is 8.09. The fourth-order valence-electron chi connectivity index (χ4n) is 4.08. The Balaban J connectivity index is 1.85. The molecule has 0 amide bonds. The van der Waals surface area contributed by atoms with Crippen molar-refractivity contribution in [1.82, 2.24) is 4.98 Å². The normalized spacial score (nSPS) is 11.9. The van der Waals surface area contributed by atoms with E-state index in [-0.39, 0.29) is 0 Å². The topological polar surface area (TPSA) is 26.0 Å². The van der Waals surface area contributed by atoms with Gasteiger partial charge in [-0.05, 0) is 66.1 Å². The molecule has 5 rings (SSSR count). The molecular weight excluding hydrogens is 342 g/mol. The SMILES string of the molecule is Cc1ccc2c(c1)oc1c(-c3nccc4cc(C(C)C)ccc34)cc(C)cc12. The Bertz CT molecular complexity index is 1360. The predicted octanol–water partition coefficient (Wildman–Crippen LogP) is 7.54. The fraction of sp³-hybridized carbons (Fsp3) is 0.192. The van der Waals surface area contributed by atoms with Gasteiger partial charge in [0.1, 0.15) is 11.2 Å². The highest BCUT2D eigenvalue weighted by Crippen LogP contribution is 2.39. The highest BCUT2D eigenvalue weighted by molar-refractivity contribution is 6.12. The van der Waals surface area contributed by atoms with Crippen LogP contribution in [-0.4, -0.2) is 4.98 Å². The summed E-state index contributed by atoms with van der Waals surface area (Å²) >= 11 is 0. The molecule has 5 aromatic rings. The van der Waals surface area contributed by atoms with Crippen LogP contribution in [0.2, 0.25) is 0 Å². The quantitative estimate of drug-likeness (QED) is 0.323. The van der Waals surface area contributed by atoms with Crippen molar-refractivity contribution >= 4 is 32.7 Å². The maximum Gasteiger partial charge on any atom is 0.144 e. The molecule has 0 fully saturated rings. The van der Waals surface area contributed by atoms with E-state index in [0.717, 1.165) is 38.6 Å². The van der Waals surface area contributed by atoms with Crippen LogP contribution >= 0.6 is 0 Å². The van der Waals surface area contributed by atoms with E-state index in [1.165, 1.54) is 22.1 Å². The number of fused-ring (bicyclic) bond motifs is 4. The van der Waals surface area contributed by atoms with E-state index in [4.69, 9.17) is 9.40 Å². The van der Waals surface area contributed by atoms with Crippen molar-refractivity contribution in [2.45, 2.75) is 33.6 Å². The molecule has 0 saturated heterocycles. The maximum absolute atomic E-state index is 6.34. The summed E-state index contributed by atoms with van der Waals surface area (Å²) in [5.74, 6) is 0.505. The zero-order valence-electron chi connectivity index (χ0n) is 16.7. The van der Waals surface area contributed by atoms with Crippen molar-refractivity contribution in [3.8, 4) is 11.3 Å². The first-order valence-corrected chi connectivity index (χ1v) is 9.84. The number of pyridine rings is 1. The molecule has 2 heterocycles. The molecule has 28 heavy (non-hydrogen) atoms. The van der Waals surface area contributed by atoms with Gasteiger partial charge in [-0.25, -0.2) is 0 Å². The summed E-state index contributed by atoms with van der Waals surface area (Å²) in [6.07, 6.45) is 1.91. The lowest BCUT2D eigenvalue weighted by Gasteiger charge is -2.11. The fourth-order valence-corrected chi connectivity index (χ4v) is 4.08. The van der Waals surface area contributed by atoms with Gasteiger partial charge in [-0.15, -0.1) is 0 Å². The lowest BCUT2D eigenvalue weighted by atomic mass is 9.96. The maximum atomic E-state index is 6.34. The van der Waals surface area contributed by atoms with Gasteiger partial charge in [-0.1, -0.05) is 44.2 Å². The number of aromatic nitrogens is 1. The summed E-state index contributed by atoms with van der Waals surface area (Å²) in [7, 11) is 0. The Hall–Kier alpha value is -3.13. The molecule has 2 aromatic heterocycles. The number of aryl methyl sites for hydroxylation is 2. The van der Waals surface area contributed by atoms with Crippen LogP contribution in [0.15, 0.2) is 65.2 Å². The van der Waals surface area contributed by atoms with Gasteiger partial charge >= 0.3 is 0 Å². The van der Waals surface area contributed by atoms with Crippen LogP contribution in [0.5, 0.6) is 0 Å². The van der Waals surface area contributed by atoms with E-state index in [1.54, 1.807) is 0 Å². The van der Waals surface area contributed by atoms with Crippen LogP contribution < -0.4 is 0 Å². The Morgan fingerprint density at radius 2 is 1.61 bits per heavy atom. The highest BCUT2D eigenvalue weighted by Gasteiger charge is 2.16. The lowest BCUT2D eigenvalue weighted by molar-refractivity contribution is 0.669. The van der Waals surface area contributed by atoms with Gasteiger partial charge in [0, 0.05) is 27.9 Å². The summed E-state index contributed by atoms with van der Waals surface area (Å²) < 4.78 is 6.34. The lowest BCUT2D eigenvalue weighted by Crippen LogP contribution is -1.91. The Morgan fingerprint density at radius 3 is 2.43 bits per heavy atom. The largest absolute Gasteiger partial charge is 0.455 e. The zero-order valence-corrected chi connectivity index (χ0v) is 16.7. The number of benzene rings is 3. The highest BCUT2D eigenvalue weighted by atomic mass is 16.3. The molecule has 0 atom stereocenters. The van der Waals surface area contributed by atoms with Gasteiger partial charge in [-0.2, -0.15) is 0 Å². The summed E-state index contributed by atoms with van der Waals surface area (Å²) in [5.41, 5.74) is 7.66. The number of nitrogens with zero attached hydrogens (tertiary/aromatic N) is 1. The minimum absolute atomic E-state index is 0.505. The number of rotatable bonds is 2. The van der Waals surface area contributed by atoms with Crippen molar-refractivity contribution in [3.05, 3.63) is 77.5 Å². The molecule has 0 aliphatic heterocycles. The summed E-state index contributed by atoms with van der Waals surface area (Å²) in [4.78, 5) is 4.77. The van der Waals surface area contributed by atoms with Crippen LogP contribution in [0.25, 0.3) is 44.0 Å². The molecule has 0 spiro atoms. The first kappa shape index (κ1) is 17.0. The third-order valence-electron chi connectivity index (χ3n) is 5.58. The molecule has 2 heteroatoms. The molecule has 0 N–H and O–H groups in total. The average Bonchev–Trinajstić information content (AvgIpc) is 3.03. The number of furan rings is 1. The van der Waals surface area contributed by atoms with Gasteiger partial charge in [-0.3, -0.25) is 4.98 Å². The second kappa shape index (κ2) is 6.20. The van der Waals surface area contributed by atoms with Crippen molar-refractivity contribution in [2.75, 3.05) is 0 Å². The average molecular weight is 365 g/mol. The smallest absolute Gasteiger partial charge is 0.144 e. The van der Waals surface area contributed by atoms with Gasteiger partial charge in [0.15, 0.2) is 0 Å². The molecule has 0 radical (unpaired) electrons. The molecule has 0 saturated carbocycles. The Morgan fingerprint density at radius 1 is 0.786 bits per heavy atom. The Kier molecular flexibility index (Phi) is 3.77. The summed E-state index contributed by atoms with van der Waals surface area (Å²) in [5, 5.41) is 4.70. The minimum Gasteiger partial charge on any atom is -0.455 e. The minimum atomic E-state index is 0.505. The molecule has 138 valence electrons. The monoisotopic (exact) mass is 365 g/mol. The van der Waals surface area contributed by atoms with Gasteiger partial charge in [0.25, 0.3) is 0 Å². The number of hydrogen-bond acceptors (Lipinski definition) is 2. The van der Waals surface area contributed by atoms with Crippen LogP contribution in [-0.2, 0) is 0 Å². The molecule has 0 bridgehead atoms. The predicted molar refractivity (Wildman–Crippen MR) is 118 cm³/mol. The molecule has 0 aliphatic rings. The van der Waals surface area contributed by atoms with Crippen molar-refractivity contribution in [1.29, 1.82) is 0 Å². The van der Waals surface area contributed by atoms with Crippen molar-refractivity contribution in [2.24, 2.45) is 0 Å². The zero-order chi connectivity index (χ0) is 19.4. The third-order valence-corrected chi connectivity index (χ3v) is 5.58.